The van der Waals surface area contributed by atoms with E-state index in [0.29, 0.717) is 10.5 Å². The van der Waals surface area contributed by atoms with E-state index in [0.717, 1.165) is 6.42 Å². The average Bonchev–Trinajstić information content (AvgIpc) is 2.90. The zero-order chi connectivity index (χ0) is 14.8. The van der Waals surface area contributed by atoms with Crippen molar-refractivity contribution in [3.63, 3.8) is 0 Å². The Morgan fingerprint density at radius 3 is 2.50 bits per heavy atom. The van der Waals surface area contributed by atoms with Crippen LogP contribution in [0.3, 0.4) is 0 Å². The molecule has 1 N–H and O–H groups in total. The molecule has 0 bridgehead atoms. The van der Waals surface area contributed by atoms with Crippen molar-refractivity contribution < 1.29 is 4.39 Å². The summed E-state index contributed by atoms with van der Waals surface area (Å²) in [6.45, 7) is 0. The minimum Gasteiger partial charge on any atom is -0.315 e. The van der Waals surface area contributed by atoms with Crippen molar-refractivity contribution in [1.82, 2.24) is 10.2 Å². The van der Waals surface area contributed by atoms with Gasteiger partial charge in [-0.1, -0.05) is 18.9 Å². The van der Waals surface area contributed by atoms with Gasteiger partial charge in [-0.05, 0) is 74.0 Å². The molecular formula is C16H24BrFN2. The summed E-state index contributed by atoms with van der Waals surface area (Å²) in [5.41, 5.74) is 1.39. The number of hydrogen-bond acceptors (Lipinski definition) is 2. The highest BCUT2D eigenvalue weighted by atomic mass is 79.9. The Morgan fingerprint density at radius 2 is 2.00 bits per heavy atom. The van der Waals surface area contributed by atoms with Gasteiger partial charge < -0.3 is 10.2 Å². The molecule has 1 aromatic carbocycles. The van der Waals surface area contributed by atoms with E-state index in [-0.39, 0.29) is 11.4 Å². The fraction of sp³-hybridized carbons (Fsp3) is 0.625. The Morgan fingerprint density at radius 1 is 1.35 bits per heavy atom. The molecule has 0 aliphatic heterocycles. The normalized spacial score (nSPS) is 19.5. The van der Waals surface area contributed by atoms with Crippen LogP contribution in [0.5, 0.6) is 0 Å². The van der Waals surface area contributed by atoms with Crippen LogP contribution in [0, 0.1) is 5.82 Å². The average molecular weight is 343 g/mol. The number of likely N-dealkylation sites (N-methyl/N-ethyl adjacent to an activating group) is 2. The third-order valence-electron chi connectivity index (χ3n) is 4.78. The number of benzene rings is 1. The van der Waals surface area contributed by atoms with Crippen LogP contribution in [0.1, 0.15) is 31.2 Å². The van der Waals surface area contributed by atoms with Crippen LogP contribution in [0.2, 0.25) is 0 Å². The fourth-order valence-electron chi connectivity index (χ4n) is 3.56. The summed E-state index contributed by atoms with van der Waals surface area (Å²) >= 11 is 3.28. The molecule has 1 aliphatic rings. The van der Waals surface area contributed by atoms with E-state index in [1.807, 2.05) is 19.2 Å². The predicted octanol–water partition coefficient (Wildman–Crippen LogP) is 3.59. The molecule has 0 aromatic heterocycles. The Labute approximate surface area is 129 Å². The molecule has 1 fully saturated rings. The lowest BCUT2D eigenvalue weighted by Gasteiger charge is -2.43. The summed E-state index contributed by atoms with van der Waals surface area (Å²) in [4.78, 5) is 2.37. The summed E-state index contributed by atoms with van der Waals surface area (Å²) < 4.78 is 13.9. The molecule has 112 valence electrons. The monoisotopic (exact) mass is 342 g/mol. The van der Waals surface area contributed by atoms with Gasteiger partial charge in [-0.25, -0.2) is 4.39 Å². The topological polar surface area (TPSA) is 15.3 Å². The van der Waals surface area contributed by atoms with Gasteiger partial charge in [-0.15, -0.1) is 0 Å². The summed E-state index contributed by atoms with van der Waals surface area (Å²) in [5.74, 6) is -0.196. The smallest absolute Gasteiger partial charge is 0.137 e. The highest BCUT2D eigenvalue weighted by molar-refractivity contribution is 9.10. The highest BCUT2D eigenvalue weighted by Gasteiger charge is 2.42. The first-order valence-corrected chi connectivity index (χ1v) is 8.07. The SMILES string of the molecule is CNC(Cc1ccc(F)c(Br)c1)C1(N(C)C)CCCC1. The molecule has 0 heterocycles. The Kier molecular flexibility index (Phi) is 5.21. The van der Waals surface area contributed by atoms with Crippen molar-refractivity contribution in [2.45, 2.75) is 43.7 Å². The van der Waals surface area contributed by atoms with Gasteiger partial charge >= 0.3 is 0 Å². The lowest BCUT2D eigenvalue weighted by atomic mass is 9.83. The van der Waals surface area contributed by atoms with Crippen molar-refractivity contribution in [3.05, 3.63) is 34.1 Å². The molecule has 1 atom stereocenters. The highest BCUT2D eigenvalue weighted by Crippen LogP contribution is 2.38. The molecule has 0 saturated heterocycles. The van der Waals surface area contributed by atoms with Crippen molar-refractivity contribution in [2.75, 3.05) is 21.1 Å². The van der Waals surface area contributed by atoms with E-state index < -0.39 is 0 Å². The van der Waals surface area contributed by atoms with Crippen molar-refractivity contribution in [1.29, 1.82) is 0 Å². The van der Waals surface area contributed by atoms with Crippen LogP contribution in [0.25, 0.3) is 0 Å². The molecule has 1 saturated carbocycles. The molecular weight excluding hydrogens is 319 g/mol. The summed E-state index contributed by atoms with van der Waals surface area (Å²) in [7, 11) is 6.39. The van der Waals surface area contributed by atoms with Gasteiger partial charge in [0.1, 0.15) is 5.82 Å². The second-order valence-electron chi connectivity index (χ2n) is 6.00. The van der Waals surface area contributed by atoms with Gasteiger partial charge in [0.25, 0.3) is 0 Å². The second-order valence-corrected chi connectivity index (χ2v) is 6.85. The Bertz CT molecular complexity index is 456. The van der Waals surface area contributed by atoms with Gasteiger partial charge in [0.15, 0.2) is 0 Å². The minimum absolute atomic E-state index is 0.196. The molecule has 20 heavy (non-hydrogen) atoms. The quantitative estimate of drug-likeness (QED) is 0.879. The molecule has 2 rings (SSSR count). The van der Waals surface area contributed by atoms with Crippen molar-refractivity contribution >= 4 is 15.9 Å². The molecule has 2 nitrogen and oxygen atoms in total. The zero-order valence-corrected chi connectivity index (χ0v) is 14.1. The van der Waals surface area contributed by atoms with Crippen LogP contribution in [-0.2, 0) is 6.42 Å². The lowest BCUT2D eigenvalue weighted by molar-refractivity contribution is 0.108. The Balaban J connectivity index is 2.21. The summed E-state index contributed by atoms with van der Waals surface area (Å²) in [5, 5.41) is 3.50. The van der Waals surface area contributed by atoms with E-state index >= 15 is 0 Å². The molecule has 0 amide bonds. The van der Waals surface area contributed by atoms with E-state index in [2.05, 4.69) is 40.2 Å². The Hall–Kier alpha value is -0.450. The number of rotatable bonds is 5. The largest absolute Gasteiger partial charge is 0.315 e. The van der Waals surface area contributed by atoms with E-state index in [1.54, 1.807) is 6.07 Å². The van der Waals surface area contributed by atoms with Crippen LogP contribution in [0.4, 0.5) is 4.39 Å². The van der Waals surface area contributed by atoms with E-state index in [4.69, 9.17) is 0 Å². The maximum absolute atomic E-state index is 13.4. The molecule has 1 unspecified atom stereocenters. The zero-order valence-electron chi connectivity index (χ0n) is 12.5. The van der Waals surface area contributed by atoms with Crippen LogP contribution >= 0.6 is 15.9 Å². The molecule has 1 aliphatic carbocycles. The van der Waals surface area contributed by atoms with E-state index in [9.17, 15) is 4.39 Å². The van der Waals surface area contributed by atoms with Gasteiger partial charge in [0.05, 0.1) is 4.47 Å². The minimum atomic E-state index is -0.196. The number of halogens is 2. The van der Waals surface area contributed by atoms with Crippen LogP contribution < -0.4 is 5.32 Å². The summed E-state index contributed by atoms with van der Waals surface area (Å²) in [6, 6.07) is 5.72. The first-order valence-electron chi connectivity index (χ1n) is 7.28. The fourth-order valence-corrected chi connectivity index (χ4v) is 3.98. The van der Waals surface area contributed by atoms with Gasteiger partial charge in [0.2, 0.25) is 0 Å². The molecule has 4 heteroatoms. The predicted molar refractivity (Wildman–Crippen MR) is 85.5 cm³/mol. The third-order valence-corrected chi connectivity index (χ3v) is 5.39. The molecule has 1 aromatic rings. The van der Waals surface area contributed by atoms with E-state index in [1.165, 1.54) is 31.2 Å². The second kappa shape index (κ2) is 6.54. The van der Waals surface area contributed by atoms with Crippen LogP contribution in [-0.4, -0.2) is 37.6 Å². The first-order chi connectivity index (χ1) is 9.49. The standard InChI is InChI=1S/C16H24BrFN2/c1-19-15(16(20(2)3)8-4-5-9-16)11-12-6-7-14(18)13(17)10-12/h6-7,10,15,19H,4-5,8-9,11H2,1-3H3. The number of hydrogen-bond donors (Lipinski definition) is 1. The maximum Gasteiger partial charge on any atom is 0.137 e. The van der Waals surface area contributed by atoms with Gasteiger partial charge in [-0.3, -0.25) is 0 Å². The lowest BCUT2D eigenvalue weighted by Crippen LogP contribution is -2.57. The molecule has 0 radical (unpaired) electrons. The van der Waals surface area contributed by atoms with Gasteiger partial charge in [-0.2, -0.15) is 0 Å². The first kappa shape index (κ1) is 15.9. The third kappa shape index (κ3) is 3.07. The van der Waals surface area contributed by atoms with Crippen molar-refractivity contribution in [3.8, 4) is 0 Å². The maximum atomic E-state index is 13.4. The van der Waals surface area contributed by atoms with Gasteiger partial charge in [0, 0.05) is 11.6 Å². The molecule has 0 spiro atoms. The van der Waals surface area contributed by atoms with Crippen LogP contribution in [0.15, 0.2) is 22.7 Å². The number of nitrogens with zero attached hydrogens (tertiary/aromatic N) is 1. The number of nitrogens with one attached hydrogen (secondary N) is 1. The summed E-state index contributed by atoms with van der Waals surface area (Å²) in [6.07, 6.45) is 5.97. The van der Waals surface area contributed by atoms with Crippen molar-refractivity contribution in [2.24, 2.45) is 0 Å².